The first-order valence-electron chi connectivity index (χ1n) is 10.7. The largest absolute Gasteiger partial charge is 0.481 e. The number of aromatic nitrogens is 2. The Morgan fingerprint density at radius 2 is 1.76 bits per heavy atom. The first kappa shape index (κ1) is 22.7. The summed E-state index contributed by atoms with van der Waals surface area (Å²) in [6.45, 7) is -0.197. The van der Waals surface area contributed by atoms with Crippen LogP contribution in [0.1, 0.15) is 40.2 Å². The quantitative estimate of drug-likeness (QED) is 0.404. The van der Waals surface area contributed by atoms with Crippen LogP contribution in [0.25, 0.3) is 0 Å². The Kier molecular flexibility index (Phi) is 6.67. The summed E-state index contributed by atoms with van der Waals surface area (Å²) in [7, 11) is 0. The van der Waals surface area contributed by atoms with Gasteiger partial charge < -0.3 is 15.4 Å². The van der Waals surface area contributed by atoms with Crippen molar-refractivity contribution in [2.75, 3.05) is 23.3 Å². The van der Waals surface area contributed by atoms with Crippen molar-refractivity contribution >= 4 is 35.3 Å². The number of carboxylic acids is 1. The molecular weight excluding hydrogens is 438 g/mol. The van der Waals surface area contributed by atoms with Crippen LogP contribution in [0.4, 0.5) is 11.6 Å². The molecule has 10 nitrogen and oxygen atoms in total. The van der Waals surface area contributed by atoms with Gasteiger partial charge in [0.1, 0.15) is 6.54 Å². The van der Waals surface area contributed by atoms with Crippen LogP contribution in [0.3, 0.4) is 0 Å². The number of imidazole rings is 1. The van der Waals surface area contributed by atoms with Crippen molar-refractivity contribution in [1.82, 2.24) is 15.3 Å². The van der Waals surface area contributed by atoms with Gasteiger partial charge in [0, 0.05) is 42.5 Å². The lowest BCUT2D eigenvalue weighted by Crippen LogP contribution is -2.41. The molecule has 3 amide bonds. The van der Waals surface area contributed by atoms with Crippen LogP contribution in [-0.2, 0) is 14.4 Å². The highest BCUT2D eigenvalue weighted by Crippen LogP contribution is 2.40. The third-order valence-electron chi connectivity index (χ3n) is 5.53. The number of amides is 3. The van der Waals surface area contributed by atoms with E-state index >= 15 is 0 Å². The minimum atomic E-state index is -0.985. The Balaban J connectivity index is 1.51. The van der Waals surface area contributed by atoms with Gasteiger partial charge in [0.05, 0.1) is 6.42 Å². The molecule has 0 radical (unpaired) electrons. The number of para-hydroxylation sites is 1. The first-order valence-corrected chi connectivity index (χ1v) is 10.7. The number of rotatable bonds is 8. The summed E-state index contributed by atoms with van der Waals surface area (Å²) in [4.78, 5) is 57.7. The number of hydrogen-bond donors (Lipinski definition) is 4. The Morgan fingerprint density at radius 1 is 1.03 bits per heavy atom. The third-order valence-corrected chi connectivity index (χ3v) is 5.53. The summed E-state index contributed by atoms with van der Waals surface area (Å²) in [5.41, 5.74) is 2.12. The zero-order valence-corrected chi connectivity index (χ0v) is 18.2. The molecule has 0 saturated heterocycles. The highest BCUT2D eigenvalue weighted by molar-refractivity contribution is 6.11. The minimum Gasteiger partial charge on any atom is -0.481 e. The van der Waals surface area contributed by atoms with Gasteiger partial charge in [-0.2, -0.15) is 0 Å². The van der Waals surface area contributed by atoms with E-state index < -0.39 is 17.8 Å². The molecule has 4 N–H and O–H groups in total. The number of carbonyl (C=O) groups excluding carboxylic acids is 3. The standard InChI is InChI=1S/C24H23N5O5/c30-20(28-24-26-11-12-27-24)9-10-25-21(31)14-29-19-8-4-3-6-16(19)18(13-22(32)33)15-5-1-2-7-17(15)23(29)34/h1-8,11-12,18H,9-10,13-14H2,(H,25,31)(H,32,33)(H2,26,27,28,30). The third kappa shape index (κ3) is 4.96. The number of nitrogens with one attached hydrogen (secondary N) is 3. The molecule has 0 aliphatic carbocycles. The lowest BCUT2D eigenvalue weighted by molar-refractivity contribution is -0.137. The van der Waals surface area contributed by atoms with Gasteiger partial charge in [0.25, 0.3) is 5.91 Å². The molecule has 0 saturated carbocycles. The van der Waals surface area contributed by atoms with E-state index in [0.29, 0.717) is 28.3 Å². The van der Waals surface area contributed by atoms with E-state index in [-0.39, 0.29) is 37.7 Å². The molecule has 2 aromatic carbocycles. The van der Waals surface area contributed by atoms with Crippen molar-refractivity contribution in [3.63, 3.8) is 0 Å². The summed E-state index contributed by atoms with van der Waals surface area (Å²) >= 11 is 0. The molecule has 0 fully saturated rings. The Hall–Kier alpha value is -4.47. The van der Waals surface area contributed by atoms with Gasteiger partial charge in [-0.15, -0.1) is 0 Å². The molecule has 0 bridgehead atoms. The van der Waals surface area contributed by atoms with Crippen LogP contribution < -0.4 is 15.5 Å². The van der Waals surface area contributed by atoms with Gasteiger partial charge in [-0.05, 0) is 23.3 Å². The van der Waals surface area contributed by atoms with Gasteiger partial charge in [-0.3, -0.25) is 29.4 Å². The number of fused-ring (bicyclic) bond motifs is 2. The number of aromatic amines is 1. The van der Waals surface area contributed by atoms with Crippen LogP contribution in [0.2, 0.25) is 0 Å². The maximum absolute atomic E-state index is 13.4. The molecule has 1 aliphatic heterocycles. The smallest absolute Gasteiger partial charge is 0.304 e. The van der Waals surface area contributed by atoms with E-state index in [1.165, 1.54) is 11.1 Å². The Bertz CT molecular complexity index is 1220. The predicted octanol–water partition coefficient (Wildman–Crippen LogP) is 2.12. The number of anilines is 2. The molecule has 1 aromatic heterocycles. The summed E-state index contributed by atoms with van der Waals surface area (Å²) in [6, 6.07) is 13.9. The molecule has 10 heteroatoms. The minimum absolute atomic E-state index is 0.0283. The monoisotopic (exact) mass is 461 g/mol. The van der Waals surface area contributed by atoms with Crippen LogP contribution >= 0.6 is 0 Å². The summed E-state index contributed by atoms with van der Waals surface area (Å²) in [5.74, 6) is -2.35. The second-order valence-electron chi connectivity index (χ2n) is 7.77. The van der Waals surface area contributed by atoms with E-state index in [1.807, 2.05) is 0 Å². The van der Waals surface area contributed by atoms with Crippen LogP contribution in [-0.4, -0.2) is 51.9 Å². The SMILES string of the molecule is O=C(O)CC1c2ccccc2C(=O)N(CC(=O)NCCC(=O)Nc2ncc[nH]2)c2ccccc21. The van der Waals surface area contributed by atoms with Crippen molar-refractivity contribution in [1.29, 1.82) is 0 Å². The Labute approximate surface area is 195 Å². The van der Waals surface area contributed by atoms with Crippen molar-refractivity contribution < 1.29 is 24.3 Å². The van der Waals surface area contributed by atoms with Gasteiger partial charge in [0.15, 0.2) is 0 Å². The number of carbonyl (C=O) groups is 4. The van der Waals surface area contributed by atoms with E-state index in [1.54, 1.807) is 54.7 Å². The fourth-order valence-electron chi connectivity index (χ4n) is 4.04. The molecule has 174 valence electrons. The van der Waals surface area contributed by atoms with Crippen LogP contribution in [0.5, 0.6) is 0 Å². The predicted molar refractivity (Wildman–Crippen MR) is 124 cm³/mol. The van der Waals surface area contributed by atoms with Crippen LogP contribution in [0, 0.1) is 0 Å². The molecule has 2 heterocycles. The fourth-order valence-corrected chi connectivity index (χ4v) is 4.04. The van der Waals surface area contributed by atoms with E-state index in [0.717, 1.165) is 0 Å². The normalized spacial score (nSPS) is 14.5. The molecule has 4 rings (SSSR count). The van der Waals surface area contributed by atoms with Gasteiger partial charge in [-0.1, -0.05) is 36.4 Å². The number of benzene rings is 2. The highest BCUT2D eigenvalue weighted by Gasteiger charge is 2.34. The number of nitrogens with zero attached hydrogens (tertiary/aromatic N) is 2. The highest BCUT2D eigenvalue weighted by atomic mass is 16.4. The zero-order valence-electron chi connectivity index (χ0n) is 18.2. The van der Waals surface area contributed by atoms with E-state index in [9.17, 15) is 24.3 Å². The summed E-state index contributed by atoms with van der Waals surface area (Å²) < 4.78 is 0. The molecular formula is C24H23N5O5. The van der Waals surface area contributed by atoms with Gasteiger partial charge in [-0.25, -0.2) is 4.98 Å². The fraction of sp³-hybridized carbons (Fsp3) is 0.208. The molecule has 1 unspecified atom stereocenters. The average Bonchev–Trinajstić information content (AvgIpc) is 3.31. The molecule has 3 aromatic rings. The van der Waals surface area contributed by atoms with Crippen molar-refractivity contribution in [3.05, 3.63) is 77.6 Å². The number of hydrogen-bond acceptors (Lipinski definition) is 5. The van der Waals surface area contributed by atoms with Crippen molar-refractivity contribution in [2.24, 2.45) is 0 Å². The first-order chi connectivity index (χ1) is 16.4. The maximum Gasteiger partial charge on any atom is 0.304 e. The van der Waals surface area contributed by atoms with Crippen molar-refractivity contribution in [2.45, 2.75) is 18.8 Å². The Morgan fingerprint density at radius 3 is 2.50 bits per heavy atom. The number of H-pyrrole nitrogens is 1. The summed E-state index contributed by atoms with van der Waals surface area (Å²) in [6.07, 6.45) is 2.92. The topological polar surface area (TPSA) is 144 Å². The van der Waals surface area contributed by atoms with Gasteiger partial charge >= 0.3 is 5.97 Å². The van der Waals surface area contributed by atoms with Crippen molar-refractivity contribution in [3.8, 4) is 0 Å². The zero-order chi connectivity index (χ0) is 24.1. The second kappa shape index (κ2) is 9.99. The second-order valence-corrected chi connectivity index (χ2v) is 7.77. The molecule has 1 atom stereocenters. The van der Waals surface area contributed by atoms with Gasteiger partial charge in [0.2, 0.25) is 17.8 Å². The molecule has 1 aliphatic rings. The maximum atomic E-state index is 13.4. The van der Waals surface area contributed by atoms with E-state index in [2.05, 4.69) is 20.6 Å². The summed E-state index contributed by atoms with van der Waals surface area (Å²) in [5, 5.41) is 14.7. The lowest BCUT2D eigenvalue weighted by Gasteiger charge is -2.23. The molecule has 0 spiro atoms. The number of carboxylic acid groups (broad SMARTS) is 1. The number of aliphatic carboxylic acids is 1. The molecule has 34 heavy (non-hydrogen) atoms. The lowest BCUT2D eigenvalue weighted by atomic mass is 9.86. The van der Waals surface area contributed by atoms with E-state index in [4.69, 9.17) is 0 Å². The van der Waals surface area contributed by atoms with Crippen LogP contribution in [0.15, 0.2) is 60.9 Å². The average molecular weight is 461 g/mol.